The molecule has 0 amide bonds. The Morgan fingerprint density at radius 3 is 1.40 bits per heavy atom. The molecule has 0 saturated heterocycles. The number of fused-ring (bicyclic) bond motifs is 13. The summed E-state index contributed by atoms with van der Waals surface area (Å²) in [6, 6.07) is 118. The highest BCUT2D eigenvalue weighted by atomic mass is 15.2. The molecule has 1 spiro atoms. The second kappa shape index (κ2) is 18.2. The summed E-state index contributed by atoms with van der Waals surface area (Å²) in [5.74, 6) is 0. The molecule has 13 aromatic carbocycles. The summed E-state index contributed by atoms with van der Waals surface area (Å²) in [5.41, 5.74) is 25.2. The zero-order valence-corrected chi connectivity index (χ0v) is 43.9. The SMILES string of the molecule is c1ccc(N2c3ccccc3C3(c4ccccc4-c4ccc(N(c5ccccc5-c5ccccc5-c5cccc6ccccc56)c5cccc6c5-c5ccccc5C6(c5ccccc5)c5ccccc5)cc43)c3ccccc32)cc1. The van der Waals surface area contributed by atoms with Crippen LogP contribution in [-0.2, 0) is 10.8 Å². The summed E-state index contributed by atoms with van der Waals surface area (Å²) in [6.45, 7) is 0. The first kappa shape index (κ1) is 45.9. The van der Waals surface area contributed by atoms with Gasteiger partial charge in [-0.3, -0.25) is 0 Å². The first-order valence-corrected chi connectivity index (χ1v) is 27.8. The van der Waals surface area contributed by atoms with Crippen LogP contribution in [0.5, 0.6) is 0 Å². The van der Waals surface area contributed by atoms with Gasteiger partial charge in [0.25, 0.3) is 0 Å². The molecule has 1 heterocycles. The van der Waals surface area contributed by atoms with Crippen LogP contribution in [0.1, 0.15) is 44.5 Å². The number of hydrogen-bond acceptors (Lipinski definition) is 2. The molecule has 0 atom stereocenters. The molecular weight excluding hydrogens is 965 g/mol. The molecule has 3 aliphatic rings. The topological polar surface area (TPSA) is 6.48 Å². The van der Waals surface area contributed by atoms with Crippen LogP contribution in [0.4, 0.5) is 34.1 Å². The standard InChI is InChI=1S/C78H52N2/c1-4-28-54(29-5-1)77(55-30-6-2-7-31-55)67-42-18-15-39-65(67)76-70(77)45-25-49-75(76)80(72-46-21-16-38-64(72)61-36-13-12-35-60(61)59-40-24-27-53-26-10-11-34-58(53)59)57-50-51-63-62-37-14-17-41-66(62)78(71(63)52-57)68-43-19-22-47-73(68)79(56-32-8-3-9-33-56)74-48-23-20-44-69(74)78/h1-52H. The molecule has 80 heavy (non-hydrogen) atoms. The highest BCUT2D eigenvalue weighted by molar-refractivity contribution is 6.05. The lowest BCUT2D eigenvalue weighted by Crippen LogP contribution is -2.36. The third kappa shape index (κ3) is 6.48. The van der Waals surface area contributed by atoms with Crippen molar-refractivity contribution in [2.75, 3.05) is 9.80 Å². The van der Waals surface area contributed by atoms with Crippen molar-refractivity contribution in [1.82, 2.24) is 0 Å². The smallest absolute Gasteiger partial charge is 0.0755 e. The fourth-order valence-electron chi connectivity index (χ4n) is 14.5. The Labute approximate surface area is 467 Å². The molecule has 0 aromatic heterocycles. The molecule has 2 aliphatic carbocycles. The first-order chi connectivity index (χ1) is 39.7. The van der Waals surface area contributed by atoms with Crippen LogP contribution < -0.4 is 9.80 Å². The van der Waals surface area contributed by atoms with Gasteiger partial charge in [-0.1, -0.05) is 267 Å². The maximum absolute atomic E-state index is 2.60. The zero-order chi connectivity index (χ0) is 52.8. The van der Waals surface area contributed by atoms with Gasteiger partial charge in [-0.2, -0.15) is 0 Å². The lowest BCUT2D eigenvalue weighted by Gasteiger charge is -2.45. The first-order valence-electron chi connectivity index (χ1n) is 27.8. The van der Waals surface area contributed by atoms with Gasteiger partial charge < -0.3 is 9.80 Å². The minimum absolute atomic E-state index is 0.597. The number of benzene rings is 13. The minimum atomic E-state index is -0.659. The Hall–Kier alpha value is -10.3. The van der Waals surface area contributed by atoms with Gasteiger partial charge in [-0.15, -0.1) is 0 Å². The van der Waals surface area contributed by atoms with Crippen LogP contribution in [0.25, 0.3) is 55.3 Å². The average Bonchev–Trinajstić information content (AvgIpc) is 3.86. The number of para-hydroxylation sites is 4. The Bertz CT molecular complexity index is 4470. The predicted octanol–water partition coefficient (Wildman–Crippen LogP) is 20.2. The summed E-state index contributed by atoms with van der Waals surface area (Å²) >= 11 is 0. The number of rotatable bonds is 8. The van der Waals surface area contributed by atoms with Crippen LogP contribution >= 0.6 is 0 Å². The van der Waals surface area contributed by atoms with Gasteiger partial charge in [-0.05, 0) is 137 Å². The molecular formula is C78H52N2. The normalized spacial score (nSPS) is 13.7. The van der Waals surface area contributed by atoms with Crippen molar-refractivity contribution in [3.05, 3.63) is 360 Å². The summed E-state index contributed by atoms with van der Waals surface area (Å²) in [4.78, 5) is 5.07. The summed E-state index contributed by atoms with van der Waals surface area (Å²) in [7, 11) is 0. The lowest BCUT2D eigenvalue weighted by molar-refractivity contribution is 0.752. The van der Waals surface area contributed by atoms with Gasteiger partial charge in [0.2, 0.25) is 0 Å². The van der Waals surface area contributed by atoms with E-state index in [1.165, 1.54) is 106 Å². The molecule has 0 N–H and O–H groups in total. The van der Waals surface area contributed by atoms with Crippen molar-refractivity contribution in [2.24, 2.45) is 0 Å². The molecule has 13 aromatic rings. The van der Waals surface area contributed by atoms with Crippen molar-refractivity contribution in [3.8, 4) is 44.5 Å². The van der Waals surface area contributed by atoms with Crippen molar-refractivity contribution in [3.63, 3.8) is 0 Å². The fraction of sp³-hybridized carbons (Fsp3) is 0.0256. The Balaban J connectivity index is 1.01. The largest absolute Gasteiger partial charge is 0.310 e. The van der Waals surface area contributed by atoms with E-state index in [4.69, 9.17) is 0 Å². The lowest BCUT2D eigenvalue weighted by atomic mass is 9.64. The van der Waals surface area contributed by atoms with Gasteiger partial charge in [-0.25, -0.2) is 0 Å². The highest BCUT2D eigenvalue weighted by Crippen LogP contribution is 2.65. The van der Waals surface area contributed by atoms with Crippen molar-refractivity contribution >= 4 is 44.9 Å². The fourth-order valence-corrected chi connectivity index (χ4v) is 14.5. The zero-order valence-electron chi connectivity index (χ0n) is 43.9. The molecule has 0 fully saturated rings. The molecule has 0 bridgehead atoms. The Morgan fingerprint density at radius 1 is 0.263 bits per heavy atom. The quantitative estimate of drug-likeness (QED) is 0.150. The van der Waals surface area contributed by atoms with E-state index in [2.05, 4.69) is 325 Å². The molecule has 16 rings (SSSR count). The van der Waals surface area contributed by atoms with Crippen LogP contribution in [0.3, 0.4) is 0 Å². The van der Waals surface area contributed by atoms with Gasteiger partial charge in [0.15, 0.2) is 0 Å². The van der Waals surface area contributed by atoms with Crippen LogP contribution in [0.15, 0.2) is 315 Å². The predicted molar refractivity (Wildman–Crippen MR) is 332 cm³/mol. The van der Waals surface area contributed by atoms with Gasteiger partial charge in [0, 0.05) is 22.5 Å². The number of hydrogen-bond donors (Lipinski definition) is 0. The molecule has 1 aliphatic heterocycles. The minimum Gasteiger partial charge on any atom is -0.310 e. The van der Waals surface area contributed by atoms with Crippen LogP contribution in [0.2, 0.25) is 0 Å². The van der Waals surface area contributed by atoms with Crippen molar-refractivity contribution in [2.45, 2.75) is 10.8 Å². The van der Waals surface area contributed by atoms with Gasteiger partial charge in [0.05, 0.1) is 33.6 Å². The van der Waals surface area contributed by atoms with Gasteiger partial charge >= 0.3 is 0 Å². The summed E-state index contributed by atoms with van der Waals surface area (Å²) in [6.07, 6.45) is 0. The molecule has 2 heteroatoms. The number of anilines is 6. The van der Waals surface area contributed by atoms with E-state index in [-0.39, 0.29) is 0 Å². The molecule has 0 saturated carbocycles. The average molecular weight is 1020 g/mol. The Kier molecular flexibility index (Phi) is 10.4. The van der Waals surface area contributed by atoms with E-state index >= 15 is 0 Å². The highest BCUT2D eigenvalue weighted by Gasteiger charge is 2.52. The molecule has 0 radical (unpaired) electrons. The van der Waals surface area contributed by atoms with Crippen LogP contribution in [-0.4, -0.2) is 0 Å². The second-order valence-corrected chi connectivity index (χ2v) is 21.4. The third-order valence-corrected chi connectivity index (χ3v) is 17.5. The third-order valence-electron chi connectivity index (χ3n) is 17.5. The van der Waals surface area contributed by atoms with Crippen molar-refractivity contribution in [1.29, 1.82) is 0 Å². The van der Waals surface area contributed by atoms with E-state index in [0.717, 1.165) is 28.3 Å². The maximum atomic E-state index is 2.60. The number of nitrogens with zero attached hydrogens (tertiary/aromatic N) is 2. The molecule has 2 nitrogen and oxygen atoms in total. The maximum Gasteiger partial charge on any atom is 0.0755 e. The van der Waals surface area contributed by atoms with Crippen molar-refractivity contribution < 1.29 is 0 Å². The van der Waals surface area contributed by atoms with Gasteiger partial charge in [0.1, 0.15) is 0 Å². The Morgan fingerprint density at radius 2 is 0.713 bits per heavy atom. The molecule has 0 unspecified atom stereocenters. The summed E-state index contributed by atoms with van der Waals surface area (Å²) in [5, 5.41) is 2.45. The van der Waals surface area contributed by atoms with E-state index < -0.39 is 10.8 Å². The van der Waals surface area contributed by atoms with E-state index in [0.29, 0.717) is 0 Å². The van der Waals surface area contributed by atoms with E-state index in [1.807, 2.05) is 0 Å². The van der Waals surface area contributed by atoms with E-state index in [9.17, 15) is 0 Å². The second-order valence-electron chi connectivity index (χ2n) is 21.4. The molecule has 374 valence electrons. The van der Waals surface area contributed by atoms with Crippen LogP contribution in [0, 0.1) is 0 Å². The van der Waals surface area contributed by atoms with E-state index in [1.54, 1.807) is 0 Å². The summed E-state index contributed by atoms with van der Waals surface area (Å²) < 4.78 is 0. The monoisotopic (exact) mass is 1020 g/mol.